The first-order valence-corrected chi connectivity index (χ1v) is 10.6. The summed E-state index contributed by atoms with van der Waals surface area (Å²) in [5, 5.41) is 5.56. The summed E-state index contributed by atoms with van der Waals surface area (Å²) < 4.78 is 18.3. The van der Waals surface area contributed by atoms with Crippen LogP contribution in [-0.2, 0) is 6.54 Å². The van der Waals surface area contributed by atoms with Gasteiger partial charge in [-0.15, -0.1) is 11.3 Å². The zero-order chi connectivity index (χ0) is 20.9. The Hall–Kier alpha value is -3.13. The fraction of sp³-hybridized carbons (Fsp3) is 0.273. The van der Waals surface area contributed by atoms with Crippen LogP contribution in [0.1, 0.15) is 16.1 Å². The molecule has 2 aromatic carbocycles. The molecule has 8 heteroatoms. The number of hydrogen-bond donors (Lipinski definition) is 1. The van der Waals surface area contributed by atoms with Crippen LogP contribution in [0, 0.1) is 5.82 Å². The summed E-state index contributed by atoms with van der Waals surface area (Å²) >= 11 is 1.48. The lowest BCUT2D eigenvalue weighted by Gasteiger charge is -2.36. The van der Waals surface area contributed by atoms with Gasteiger partial charge in [0.15, 0.2) is 5.13 Å². The highest BCUT2D eigenvalue weighted by atomic mass is 32.1. The molecule has 1 saturated heterocycles. The van der Waals surface area contributed by atoms with Gasteiger partial charge in [-0.1, -0.05) is 12.1 Å². The molecule has 0 saturated carbocycles. The molecule has 0 radical (unpaired) electrons. The maximum Gasteiger partial charge on any atom is 0.271 e. The number of amides is 1. The average Bonchev–Trinajstić information content (AvgIpc) is 3.29. The molecule has 4 rings (SSSR count). The maximum atomic E-state index is 13.1. The molecule has 0 atom stereocenters. The van der Waals surface area contributed by atoms with Gasteiger partial charge >= 0.3 is 0 Å². The van der Waals surface area contributed by atoms with E-state index in [1.807, 2.05) is 24.3 Å². The summed E-state index contributed by atoms with van der Waals surface area (Å²) in [7, 11) is 1.62. The summed E-state index contributed by atoms with van der Waals surface area (Å²) in [6.45, 7) is 3.69. The number of aromatic nitrogens is 1. The molecule has 0 spiro atoms. The predicted octanol–water partition coefficient (Wildman–Crippen LogP) is 3.55. The number of ether oxygens (including phenoxy) is 1. The zero-order valence-corrected chi connectivity index (χ0v) is 17.5. The van der Waals surface area contributed by atoms with E-state index in [0.29, 0.717) is 12.2 Å². The highest BCUT2D eigenvalue weighted by Gasteiger charge is 2.21. The number of carbonyl (C=O) groups excluding carboxylic acids is 1. The quantitative estimate of drug-likeness (QED) is 0.653. The third-order valence-corrected chi connectivity index (χ3v) is 5.98. The van der Waals surface area contributed by atoms with Crippen molar-refractivity contribution in [3.63, 3.8) is 0 Å². The highest BCUT2D eigenvalue weighted by Crippen LogP contribution is 2.24. The maximum absolute atomic E-state index is 13.1. The molecule has 1 N–H and O–H groups in total. The van der Waals surface area contributed by atoms with Gasteiger partial charge in [0.2, 0.25) is 0 Å². The number of piperazine rings is 1. The third-order valence-electron chi connectivity index (χ3n) is 5.08. The van der Waals surface area contributed by atoms with E-state index in [0.717, 1.165) is 48.3 Å². The molecule has 30 heavy (non-hydrogen) atoms. The molecule has 3 aromatic rings. The SMILES string of the molecule is COc1ccc(CNC(=O)c2csc(N3CCN(c4ccc(F)cc4)CC3)n2)cc1. The molecule has 1 fully saturated rings. The van der Waals surface area contributed by atoms with E-state index in [-0.39, 0.29) is 11.7 Å². The second kappa shape index (κ2) is 9.13. The summed E-state index contributed by atoms with van der Waals surface area (Å²) in [4.78, 5) is 21.4. The Morgan fingerprint density at radius 1 is 1.07 bits per heavy atom. The lowest BCUT2D eigenvalue weighted by atomic mass is 10.2. The second-order valence-electron chi connectivity index (χ2n) is 7.00. The van der Waals surface area contributed by atoms with Gasteiger partial charge in [0, 0.05) is 43.8 Å². The van der Waals surface area contributed by atoms with Crippen LogP contribution in [0.4, 0.5) is 15.2 Å². The molecule has 1 amide bonds. The largest absolute Gasteiger partial charge is 0.497 e. The molecule has 0 aliphatic carbocycles. The molecular weight excluding hydrogens is 403 g/mol. The van der Waals surface area contributed by atoms with Crippen LogP contribution in [0.3, 0.4) is 0 Å². The van der Waals surface area contributed by atoms with Gasteiger partial charge in [-0.05, 0) is 42.0 Å². The van der Waals surface area contributed by atoms with Gasteiger partial charge in [0.1, 0.15) is 17.3 Å². The highest BCUT2D eigenvalue weighted by molar-refractivity contribution is 7.13. The number of hydrogen-bond acceptors (Lipinski definition) is 6. The average molecular weight is 427 g/mol. The Bertz CT molecular complexity index is 983. The van der Waals surface area contributed by atoms with E-state index >= 15 is 0 Å². The number of halogens is 1. The van der Waals surface area contributed by atoms with E-state index in [9.17, 15) is 9.18 Å². The number of benzene rings is 2. The van der Waals surface area contributed by atoms with Crippen LogP contribution in [-0.4, -0.2) is 44.2 Å². The Morgan fingerprint density at radius 2 is 1.73 bits per heavy atom. The monoisotopic (exact) mass is 426 g/mol. The fourth-order valence-electron chi connectivity index (χ4n) is 3.34. The van der Waals surface area contributed by atoms with Crippen LogP contribution in [0.2, 0.25) is 0 Å². The standard InChI is InChI=1S/C22H23FN4O2S/c1-29-19-8-2-16(3-9-19)14-24-21(28)20-15-30-22(25-20)27-12-10-26(11-13-27)18-6-4-17(23)5-7-18/h2-9,15H,10-14H2,1H3,(H,24,28). The van der Waals surface area contributed by atoms with Crippen LogP contribution >= 0.6 is 11.3 Å². The van der Waals surface area contributed by atoms with Crippen molar-refractivity contribution in [3.05, 3.63) is 71.0 Å². The van der Waals surface area contributed by atoms with Gasteiger partial charge in [0.05, 0.1) is 7.11 Å². The lowest BCUT2D eigenvalue weighted by molar-refractivity contribution is 0.0946. The number of carbonyl (C=O) groups is 1. The summed E-state index contributed by atoms with van der Waals surface area (Å²) in [5.41, 5.74) is 2.45. The summed E-state index contributed by atoms with van der Waals surface area (Å²) in [6, 6.07) is 14.2. The Kier molecular flexibility index (Phi) is 6.13. The number of methoxy groups -OCH3 is 1. The molecule has 1 aliphatic rings. The van der Waals surface area contributed by atoms with Crippen molar-refractivity contribution < 1.29 is 13.9 Å². The topological polar surface area (TPSA) is 57.7 Å². The molecule has 0 unspecified atom stereocenters. The van der Waals surface area contributed by atoms with Crippen LogP contribution < -0.4 is 19.9 Å². The number of nitrogens with zero attached hydrogens (tertiary/aromatic N) is 3. The molecule has 2 heterocycles. The minimum Gasteiger partial charge on any atom is -0.497 e. The van der Waals surface area contributed by atoms with Crippen LogP contribution in [0.25, 0.3) is 0 Å². The van der Waals surface area contributed by atoms with Crippen molar-refractivity contribution in [3.8, 4) is 5.75 Å². The van der Waals surface area contributed by atoms with Gasteiger partial charge in [0.25, 0.3) is 5.91 Å². The predicted molar refractivity (Wildman–Crippen MR) is 117 cm³/mol. The summed E-state index contributed by atoms with van der Waals surface area (Å²) in [5.74, 6) is 0.380. The van der Waals surface area contributed by atoms with Gasteiger partial charge < -0.3 is 19.9 Å². The second-order valence-corrected chi connectivity index (χ2v) is 7.83. The third kappa shape index (κ3) is 4.71. The first kappa shape index (κ1) is 20.2. The van der Waals surface area contributed by atoms with Crippen LogP contribution in [0.15, 0.2) is 53.9 Å². The minimum absolute atomic E-state index is 0.182. The molecule has 1 aromatic heterocycles. The fourth-order valence-corrected chi connectivity index (χ4v) is 4.20. The van der Waals surface area contributed by atoms with E-state index in [4.69, 9.17) is 4.74 Å². The Balaban J connectivity index is 1.30. The van der Waals surface area contributed by atoms with E-state index in [2.05, 4.69) is 20.1 Å². The normalized spacial score (nSPS) is 13.9. The van der Waals surface area contributed by atoms with Gasteiger partial charge in [-0.3, -0.25) is 4.79 Å². The smallest absolute Gasteiger partial charge is 0.271 e. The number of nitrogens with one attached hydrogen (secondary N) is 1. The number of rotatable bonds is 6. The summed E-state index contributed by atoms with van der Waals surface area (Å²) in [6.07, 6.45) is 0. The Morgan fingerprint density at radius 3 is 2.40 bits per heavy atom. The van der Waals surface area contributed by atoms with Crippen molar-refractivity contribution in [2.75, 3.05) is 43.1 Å². The first-order chi connectivity index (χ1) is 14.6. The van der Waals surface area contributed by atoms with E-state index < -0.39 is 0 Å². The lowest BCUT2D eigenvalue weighted by Crippen LogP contribution is -2.46. The Labute approximate surface area is 178 Å². The first-order valence-electron chi connectivity index (χ1n) is 9.74. The molecule has 156 valence electrons. The number of thiazole rings is 1. The van der Waals surface area contributed by atoms with Crippen molar-refractivity contribution in [1.82, 2.24) is 10.3 Å². The zero-order valence-electron chi connectivity index (χ0n) is 16.7. The van der Waals surface area contributed by atoms with Crippen molar-refractivity contribution >= 4 is 28.1 Å². The molecule has 6 nitrogen and oxygen atoms in total. The molecule has 1 aliphatic heterocycles. The minimum atomic E-state index is -0.224. The van der Waals surface area contributed by atoms with Gasteiger partial charge in [-0.25, -0.2) is 9.37 Å². The molecular formula is C22H23FN4O2S. The molecule has 0 bridgehead atoms. The van der Waals surface area contributed by atoms with Gasteiger partial charge in [-0.2, -0.15) is 0 Å². The van der Waals surface area contributed by atoms with Crippen molar-refractivity contribution in [1.29, 1.82) is 0 Å². The van der Waals surface area contributed by atoms with Crippen molar-refractivity contribution in [2.24, 2.45) is 0 Å². The van der Waals surface area contributed by atoms with Crippen molar-refractivity contribution in [2.45, 2.75) is 6.54 Å². The number of anilines is 2. The van der Waals surface area contributed by atoms with E-state index in [1.165, 1.54) is 23.5 Å². The van der Waals surface area contributed by atoms with E-state index in [1.54, 1.807) is 24.6 Å². The van der Waals surface area contributed by atoms with Crippen LogP contribution in [0.5, 0.6) is 5.75 Å².